The van der Waals surface area contributed by atoms with Crippen molar-refractivity contribution < 1.29 is 23.8 Å². The molecule has 1 N–H and O–H groups in total. The van der Waals surface area contributed by atoms with Crippen LogP contribution in [0.2, 0.25) is 0 Å². The van der Waals surface area contributed by atoms with Gasteiger partial charge in [0.25, 0.3) is 5.78 Å². The number of halogens is 1. The number of carbonyl (C=O) groups is 2. The first kappa shape index (κ1) is 27.6. The van der Waals surface area contributed by atoms with Crippen molar-refractivity contribution in [2.75, 3.05) is 12.0 Å². The van der Waals surface area contributed by atoms with E-state index in [1.165, 1.54) is 28.8 Å². The number of aliphatic hydroxyl groups excluding tert-OH is 1. The van der Waals surface area contributed by atoms with Crippen LogP contribution in [0.1, 0.15) is 34.1 Å². The van der Waals surface area contributed by atoms with Crippen molar-refractivity contribution in [1.82, 2.24) is 19.6 Å². The van der Waals surface area contributed by atoms with E-state index in [0.29, 0.717) is 32.7 Å². The van der Waals surface area contributed by atoms with Crippen LogP contribution in [0.15, 0.2) is 76.8 Å². The maximum absolute atomic E-state index is 13.6. The van der Waals surface area contributed by atoms with Crippen LogP contribution < -0.4 is 9.64 Å². The predicted molar refractivity (Wildman–Crippen MR) is 158 cm³/mol. The first-order chi connectivity index (χ1) is 20.3. The lowest BCUT2D eigenvalue weighted by Crippen LogP contribution is -2.29. The number of anilines is 1. The van der Waals surface area contributed by atoms with Crippen LogP contribution in [0.5, 0.6) is 5.75 Å². The van der Waals surface area contributed by atoms with Crippen molar-refractivity contribution in [3.05, 3.63) is 106 Å². The second-order valence-corrected chi connectivity index (χ2v) is 11.8. The Kier molecular flexibility index (Phi) is 7.25. The number of aromatic nitrogens is 4. The molecule has 0 spiro atoms. The Labute approximate surface area is 248 Å². The van der Waals surface area contributed by atoms with Gasteiger partial charge in [0.05, 0.1) is 24.4 Å². The van der Waals surface area contributed by atoms with Crippen molar-refractivity contribution in [1.29, 1.82) is 0 Å². The van der Waals surface area contributed by atoms with Gasteiger partial charge in [-0.3, -0.25) is 14.5 Å². The number of benzene rings is 2. The van der Waals surface area contributed by atoms with E-state index < -0.39 is 17.7 Å². The third-order valence-corrected chi connectivity index (χ3v) is 9.19. The van der Waals surface area contributed by atoms with Crippen molar-refractivity contribution in [2.45, 2.75) is 30.0 Å². The smallest absolute Gasteiger partial charge is 0.301 e. The third-order valence-electron chi connectivity index (χ3n) is 7.06. The fraction of sp³-hybridized carbons (Fsp3) is 0.167. The highest BCUT2D eigenvalue weighted by atomic mass is 32.2. The molecule has 1 unspecified atom stereocenters. The minimum Gasteiger partial charge on any atom is -0.505 e. The summed E-state index contributed by atoms with van der Waals surface area (Å²) >= 11 is 2.54. The van der Waals surface area contributed by atoms with Gasteiger partial charge >= 0.3 is 5.91 Å². The summed E-state index contributed by atoms with van der Waals surface area (Å²) in [5, 5.41) is 20.3. The molecule has 1 saturated heterocycles. The Morgan fingerprint density at radius 3 is 2.50 bits per heavy atom. The average molecular weight is 602 g/mol. The number of Topliss-reactive ketones (excluding diaryl/α,β-unsaturated/α-hetero) is 1. The first-order valence-corrected chi connectivity index (χ1v) is 14.7. The minimum atomic E-state index is -0.982. The van der Waals surface area contributed by atoms with Gasteiger partial charge in [-0.1, -0.05) is 53.4 Å². The second kappa shape index (κ2) is 11.0. The van der Waals surface area contributed by atoms with Crippen molar-refractivity contribution >= 4 is 51.3 Å². The molecule has 4 heterocycles. The number of aryl methyl sites for hydroxylation is 2. The third kappa shape index (κ3) is 4.82. The maximum Gasteiger partial charge on any atom is 0.301 e. The van der Waals surface area contributed by atoms with Gasteiger partial charge in [-0.05, 0) is 60.9 Å². The lowest BCUT2D eigenvalue weighted by Gasteiger charge is -2.22. The van der Waals surface area contributed by atoms with Gasteiger partial charge in [-0.25, -0.2) is 9.37 Å². The molecule has 0 bridgehead atoms. The number of hydrogen-bond donors (Lipinski definition) is 1. The molecule has 1 amide bonds. The highest BCUT2D eigenvalue weighted by Gasteiger charge is 2.48. The number of fused-ring (bicyclic) bond motifs is 1. The number of aliphatic hydroxyl groups is 1. The Morgan fingerprint density at radius 2 is 1.81 bits per heavy atom. The maximum atomic E-state index is 13.6. The molecule has 1 atom stereocenters. The summed E-state index contributed by atoms with van der Waals surface area (Å²) in [6.45, 7) is 3.70. The molecule has 212 valence electrons. The molecular weight excluding hydrogens is 577 g/mol. The molecule has 0 radical (unpaired) electrons. The lowest BCUT2D eigenvalue weighted by atomic mass is 9.96. The molecule has 2 aromatic carbocycles. The summed E-state index contributed by atoms with van der Waals surface area (Å²) in [6.07, 6.45) is 1.83. The van der Waals surface area contributed by atoms with Gasteiger partial charge in [-0.15, -0.1) is 10.2 Å². The Hall–Kier alpha value is -4.55. The second-order valence-electron chi connectivity index (χ2n) is 9.64. The van der Waals surface area contributed by atoms with Crippen molar-refractivity contribution in [3.63, 3.8) is 0 Å². The zero-order chi connectivity index (χ0) is 29.5. The number of nitrogens with zero attached hydrogens (tertiary/aromatic N) is 5. The summed E-state index contributed by atoms with van der Waals surface area (Å²) in [6, 6.07) is 15.9. The number of ether oxygens (including phenoxy) is 1. The largest absolute Gasteiger partial charge is 0.505 e. The highest BCUT2D eigenvalue weighted by molar-refractivity contribution is 8.00. The zero-order valence-corrected chi connectivity index (χ0v) is 24.4. The summed E-state index contributed by atoms with van der Waals surface area (Å²) < 4.78 is 21.0. The summed E-state index contributed by atoms with van der Waals surface area (Å²) in [5.74, 6) is -1.25. The number of rotatable bonds is 7. The van der Waals surface area contributed by atoms with Crippen LogP contribution in [-0.2, 0) is 15.3 Å². The normalized spacial score (nSPS) is 16.5. The molecule has 12 heteroatoms. The van der Waals surface area contributed by atoms with Gasteiger partial charge in [0.1, 0.15) is 22.9 Å². The molecule has 42 heavy (non-hydrogen) atoms. The molecule has 3 aromatic heterocycles. The van der Waals surface area contributed by atoms with E-state index in [4.69, 9.17) is 4.74 Å². The van der Waals surface area contributed by atoms with Crippen LogP contribution in [-0.4, -0.2) is 43.5 Å². The average Bonchev–Trinajstić information content (AvgIpc) is 3.68. The first-order valence-electron chi connectivity index (χ1n) is 12.9. The Morgan fingerprint density at radius 1 is 1.07 bits per heavy atom. The number of thioether (sulfide) groups is 1. The Bertz CT molecular complexity index is 1870. The van der Waals surface area contributed by atoms with Crippen molar-refractivity contribution in [3.8, 4) is 5.75 Å². The van der Waals surface area contributed by atoms with E-state index in [-0.39, 0.29) is 28.0 Å². The summed E-state index contributed by atoms with van der Waals surface area (Å²) in [7, 11) is 1.54. The van der Waals surface area contributed by atoms with Crippen LogP contribution in [0, 0.1) is 19.7 Å². The quantitative estimate of drug-likeness (QED) is 0.0811. The monoisotopic (exact) mass is 601 g/mol. The van der Waals surface area contributed by atoms with E-state index in [2.05, 4.69) is 15.2 Å². The van der Waals surface area contributed by atoms with Crippen LogP contribution in [0.3, 0.4) is 0 Å². The number of pyridine rings is 1. The fourth-order valence-electron chi connectivity index (χ4n) is 4.89. The van der Waals surface area contributed by atoms with Crippen LogP contribution >= 0.6 is 23.1 Å². The minimum absolute atomic E-state index is 0.0926. The van der Waals surface area contributed by atoms with Gasteiger partial charge in [0.15, 0.2) is 10.1 Å². The molecule has 0 aliphatic carbocycles. The fourth-order valence-corrected chi connectivity index (χ4v) is 6.71. The number of ketones is 1. The molecule has 9 nitrogen and oxygen atoms in total. The number of amides is 1. The van der Waals surface area contributed by atoms with Crippen molar-refractivity contribution in [2.24, 2.45) is 0 Å². The topological polar surface area (TPSA) is 110 Å². The van der Waals surface area contributed by atoms with E-state index in [1.54, 1.807) is 50.4 Å². The zero-order valence-electron chi connectivity index (χ0n) is 22.7. The SMILES string of the molecule is COc1ccc(C2/C(=C(\O)c3nc4c(C)cccn4c3C)C(=O)C(=O)N2c2nnc(SCc3ccc(F)cc3)s2)cc1. The molecule has 5 aromatic rings. The lowest BCUT2D eigenvalue weighted by molar-refractivity contribution is -0.132. The van der Waals surface area contributed by atoms with Gasteiger partial charge in [0.2, 0.25) is 5.13 Å². The van der Waals surface area contributed by atoms with Gasteiger partial charge in [0, 0.05) is 11.9 Å². The number of methoxy groups -OCH3 is 1. The summed E-state index contributed by atoms with van der Waals surface area (Å²) in [4.78, 5) is 33.1. The van der Waals surface area contributed by atoms with E-state index in [9.17, 15) is 19.1 Å². The standard InChI is InChI=1S/C30H24FN5O4S2/c1-16-5-4-14-35-17(2)23(32-27(16)35)25(37)22-24(19-8-12-21(40-3)13-9-19)36(28(39)26(22)38)29-33-34-30(42-29)41-15-18-6-10-20(31)11-7-18/h4-14,24,37H,15H2,1-3H3/b25-22+. The van der Waals surface area contributed by atoms with Crippen LogP contribution in [0.4, 0.5) is 9.52 Å². The number of hydrogen-bond acceptors (Lipinski definition) is 9. The molecule has 6 rings (SSSR count). The molecule has 1 aliphatic rings. The highest BCUT2D eigenvalue weighted by Crippen LogP contribution is 2.44. The van der Waals surface area contributed by atoms with Crippen LogP contribution in [0.25, 0.3) is 11.4 Å². The summed E-state index contributed by atoms with van der Waals surface area (Å²) in [5.41, 5.74) is 3.75. The van der Waals surface area contributed by atoms with Gasteiger partial charge in [-0.2, -0.15) is 0 Å². The van der Waals surface area contributed by atoms with Gasteiger partial charge < -0.3 is 14.2 Å². The van der Waals surface area contributed by atoms with E-state index in [0.717, 1.165) is 22.5 Å². The number of carbonyl (C=O) groups excluding carboxylic acids is 2. The predicted octanol–water partition coefficient (Wildman–Crippen LogP) is 5.87. The van der Waals surface area contributed by atoms with E-state index >= 15 is 0 Å². The molecule has 1 aliphatic heterocycles. The molecule has 1 fully saturated rings. The number of imidazole rings is 1. The Balaban J connectivity index is 1.43. The molecular formula is C30H24FN5O4S2. The molecule has 0 saturated carbocycles. The van der Waals surface area contributed by atoms with E-state index in [1.807, 2.05) is 29.7 Å².